The summed E-state index contributed by atoms with van der Waals surface area (Å²) < 4.78 is 2.14. The van der Waals surface area contributed by atoms with Crippen LogP contribution in [-0.2, 0) is 6.54 Å². The van der Waals surface area contributed by atoms with Crippen molar-refractivity contribution in [1.29, 1.82) is 0 Å². The third kappa shape index (κ3) is 4.12. The zero-order chi connectivity index (χ0) is 20.2. The fraction of sp³-hybridized carbons (Fsp3) is 0.0455. The molecule has 7 heteroatoms. The van der Waals surface area contributed by atoms with Crippen LogP contribution in [-0.4, -0.2) is 15.7 Å². The van der Waals surface area contributed by atoms with Crippen molar-refractivity contribution in [3.05, 3.63) is 105 Å². The Hall–Kier alpha value is -3.64. The van der Waals surface area contributed by atoms with Crippen molar-refractivity contribution in [1.82, 2.24) is 4.57 Å². The van der Waals surface area contributed by atoms with E-state index in [1.54, 1.807) is 18.3 Å². The summed E-state index contributed by atoms with van der Waals surface area (Å²) in [7, 11) is 0. The molecule has 3 aromatic carbocycles. The molecular formula is C22H17ClN4O2. The first-order valence-corrected chi connectivity index (χ1v) is 9.34. The molecular weight excluding hydrogens is 388 g/mol. The van der Waals surface area contributed by atoms with Gasteiger partial charge in [-0.1, -0.05) is 48.0 Å². The number of fused-ring (bicyclic) bond motifs is 1. The van der Waals surface area contributed by atoms with E-state index in [9.17, 15) is 10.1 Å². The molecule has 1 heterocycles. The molecule has 1 N–H and O–H groups in total. The zero-order valence-corrected chi connectivity index (χ0v) is 16.1. The molecule has 0 bridgehead atoms. The maximum absolute atomic E-state index is 10.7. The molecule has 0 unspecified atom stereocenters. The summed E-state index contributed by atoms with van der Waals surface area (Å²) in [6.07, 6.45) is 3.78. The molecule has 0 radical (unpaired) electrons. The number of hydrogen-bond acceptors (Lipinski definition) is 4. The minimum atomic E-state index is -0.430. The molecule has 0 spiro atoms. The van der Waals surface area contributed by atoms with Gasteiger partial charge in [-0.3, -0.25) is 15.5 Å². The summed E-state index contributed by atoms with van der Waals surface area (Å²) in [4.78, 5) is 10.3. The zero-order valence-electron chi connectivity index (χ0n) is 15.3. The van der Waals surface area contributed by atoms with Gasteiger partial charge in [0.25, 0.3) is 5.69 Å². The van der Waals surface area contributed by atoms with Crippen LogP contribution < -0.4 is 5.43 Å². The Kier molecular flexibility index (Phi) is 5.27. The summed E-state index contributed by atoms with van der Waals surface area (Å²) in [5.41, 5.74) is 6.72. The third-order valence-corrected chi connectivity index (χ3v) is 4.96. The van der Waals surface area contributed by atoms with E-state index < -0.39 is 4.92 Å². The van der Waals surface area contributed by atoms with Gasteiger partial charge < -0.3 is 4.57 Å². The van der Waals surface area contributed by atoms with Crippen LogP contribution in [0.4, 0.5) is 11.4 Å². The number of non-ortho nitro benzene ring substituents is 1. The number of nitrogens with one attached hydrogen (secondary N) is 1. The van der Waals surface area contributed by atoms with Gasteiger partial charge in [-0.2, -0.15) is 5.10 Å². The second-order valence-electron chi connectivity index (χ2n) is 6.49. The highest BCUT2D eigenvalue weighted by Gasteiger charge is 2.09. The summed E-state index contributed by atoms with van der Waals surface area (Å²) in [6.45, 7) is 0.657. The number of hydrazone groups is 1. The molecule has 0 atom stereocenters. The third-order valence-electron chi connectivity index (χ3n) is 4.59. The van der Waals surface area contributed by atoms with E-state index in [0.717, 1.165) is 27.1 Å². The van der Waals surface area contributed by atoms with Gasteiger partial charge in [0.05, 0.1) is 16.8 Å². The van der Waals surface area contributed by atoms with E-state index in [1.165, 1.54) is 12.1 Å². The average molecular weight is 405 g/mol. The molecule has 0 fully saturated rings. The number of nitrogens with zero attached hydrogens (tertiary/aromatic N) is 3. The minimum absolute atomic E-state index is 0.0437. The lowest BCUT2D eigenvalue weighted by Crippen LogP contribution is -1.98. The molecule has 4 aromatic rings. The van der Waals surface area contributed by atoms with Crippen molar-refractivity contribution in [2.45, 2.75) is 6.54 Å². The summed E-state index contributed by atoms with van der Waals surface area (Å²) in [5.74, 6) is 0. The SMILES string of the molecule is O=[N+]([O-])c1ccc(N/N=C\c2cn(Cc3ccccc3Cl)c3ccccc23)cc1. The highest BCUT2D eigenvalue weighted by molar-refractivity contribution is 6.31. The van der Waals surface area contributed by atoms with Crippen LogP contribution >= 0.6 is 11.6 Å². The molecule has 0 amide bonds. The number of benzene rings is 3. The quantitative estimate of drug-likeness (QED) is 0.254. The van der Waals surface area contributed by atoms with Crippen LogP contribution in [0, 0.1) is 10.1 Å². The standard InChI is InChI=1S/C22H17ClN4O2/c23-21-7-3-1-5-16(21)14-26-15-17(20-6-2-4-8-22(20)26)13-24-25-18-9-11-19(12-10-18)27(28)29/h1-13,15,25H,14H2/b24-13-. The largest absolute Gasteiger partial charge is 0.342 e. The number of anilines is 1. The first kappa shape index (κ1) is 18.7. The molecule has 0 aliphatic heterocycles. The molecule has 0 aliphatic rings. The Morgan fingerprint density at radius 2 is 1.76 bits per heavy atom. The smallest absolute Gasteiger partial charge is 0.269 e. The topological polar surface area (TPSA) is 72.5 Å². The van der Waals surface area contributed by atoms with E-state index >= 15 is 0 Å². The number of nitro benzene ring substituents is 1. The summed E-state index contributed by atoms with van der Waals surface area (Å²) in [6, 6.07) is 22.0. The van der Waals surface area contributed by atoms with Gasteiger partial charge >= 0.3 is 0 Å². The molecule has 4 rings (SSSR count). The van der Waals surface area contributed by atoms with Crippen LogP contribution in [0.3, 0.4) is 0 Å². The Morgan fingerprint density at radius 3 is 2.52 bits per heavy atom. The van der Waals surface area contributed by atoms with E-state index in [4.69, 9.17) is 11.6 Å². The fourth-order valence-corrected chi connectivity index (χ4v) is 3.35. The molecule has 1 aromatic heterocycles. The first-order chi connectivity index (χ1) is 14.1. The number of rotatable bonds is 6. The average Bonchev–Trinajstić information content (AvgIpc) is 3.08. The van der Waals surface area contributed by atoms with Crippen molar-refractivity contribution in [3.63, 3.8) is 0 Å². The van der Waals surface area contributed by atoms with Crippen molar-refractivity contribution in [3.8, 4) is 0 Å². The Bertz CT molecular complexity index is 1200. The minimum Gasteiger partial charge on any atom is -0.342 e. The van der Waals surface area contributed by atoms with Crippen molar-refractivity contribution in [2.75, 3.05) is 5.43 Å². The van der Waals surface area contributed by atoms with Crippen LogP contribution in [0.25, 0.3) is 10.9 Å². The normalized spacial score (nSPS) is 11.2. The van der Waals surface area contributed by atoms with Crippen molar-refractivity contribution >= 4 is 40.1 Å². The second kappa shape index (κ2) is 8.16. The number of nitro groups is 1. The molecule has 144 valence electrons. The first-order valence-electron chi connectivity index (χ1n) is 8.96. The van der Waals surface area contributed by atoms with Crippen LogP contribution in [0.2, 0.25) is 5.02 Å². The van der Waals surface area contributed by atoms with E-state index in [1.807, 2.05) is 48.7 Å². The predicted molar refractivity (Wildman–Crippen MR) is 117 cm³/mol. The number of aromatic nitrogens is 1. The van der Waals surface area contributed by atoms with Gasteiger partial charge in [-0.25, -0.2) is 0 Å². The lowest BCUT2D eigenvalue weighted by molar-refractivity contribution is -0.384. The summed E-state index contributed by atoms with van der Waals surface area (Å²) in [5, 5.41) is 16.8. The number of halogens is 1. The highest BCUT2D eigenvalue weighted by atomic mass is 35.5. The lowest BCUT2D eigenvalue weighted by atomic mass is 10.2. The van der Waals surface area contributed by atoms with E-state index in [-0.39, 0.29) is 5.69 Å². The van der Waals surface area contributed by atoms with Gasteiger partial charge in [0.15, 0.2) is 0 Å². The lowest BCUT2D eigenvalue weighted by Gasteiger charge is -2.07. The van der Waals surface area contributed by atoms with E-state index in [2.05, 4.69) is 21.2 Å². The number of hydrogen-bond donors (Lipinski definition) is 1. The van der Waals surface area contributed by atoms with Crippen LogP contribution in [0.5, 0.6) is 0 Å². The maximum atomic E-state index is 10.7. The van der Waals surface area contributed by atoms with Crippen LogP contribution in [0.1, 0.15) is 11.1 Å². The Morgan fingerprint density at radius 1 is 1.03 bits per heavy atom. The Balaban J connectivity index is 1.58. The Labute approximate surface area is 172 Å². The molecule has 0 aliphatic carbocycles. The fourth-order valence-electron chi connectivity index (χ4n) is 3.15. The van der Waals surface area contributed by atoms with Gasteiger partial charge in [0.1, 0.15) is 0 Å². The van der Waals surface area contributed by atoms with Gasteiger partial charge in [-0.05, 0) is 29.8 Å². The van der Waals surface area contributed by atoms with Crippen molar-refractivity contribution < 1.29 is 4.92 Å². The molecule has 0 saturated carbocycles. The number of para-hydroxylation sites is 1. The van der Waals surface area contributed by atoms with Crippen molar-refractivity contribution in [2.24, 2.45) is 5.10 Å². The predicted octanol–water partition coefficient (Wildman–Crippen LogP) is 5.70. The second-order valence-corrected chi connectivity index (χ2v) is 6.90. The monoisotopic (exact) mass is 404 g/mol. The van der Waals surface area contributed by atoms with Gasteiger partial charge in [-0.15, -0.1) is 0 Å². The van der Waals surface area contributed by atoms with Gasteiger partial charge in [0, 0.05) is 46.4 Å². The summed E-state index contributed by atoms with van der Waals surface area (Å²) >= 11 is 6.32. The molecule has 29 heavy (non-hydrogen) atoms. The van der Waals surface area contributed by atoms with Crippen LogP contribution in [0.15, 0.2) is 84.1 Å². The van der Waals surface area contributed by atoms with Gasteiger partial charge in [0.2, 0.25) is 0 Å². The highest BCUT2D eigenvalue weighted by Crippen LogP contribution is 2.24. The molecule has 6 nitrogen and oxygen atoms in total. The maximum Gasteiger partial charge on any atom is 0.269 e. The van der Waals surface area contributed by atoms with E-state index in [0.29, 0.717) is 12.2 Å². The molecule has 0 saturated heterocycles.